The fourth-order valence-electron chi connectivity index (χ4n) is 1.77. The van der Waals surface area contributed by atoms with Crippen LogP contribution in [0.5, 0.6) is 0 Å². The van der Waals surface area contributed by atoms with E-state index in [1.807, 2.05) is 6.07 Å². The van der Waals surface area contributed by atoms with E-state index in [-0.39, 0.29) is 5.78 Å². The van der Waals surface area contributed by atoms with Gasteiger partial charge in [-0.05, 0) is 59.8 Å². The van der Waals surface area contributed by atoms with E-state index >= 15 is 0 Å². The summed E-state index contributed by atoms with van der Waals surface area (Å²) in [5.41, 5.74) is 0.845. The van der Waals surface area contributed by atoms with E-state index in [1.54, 1.807) is 49.4 Å². The van der Waals surface area contributed by atoms with E-state index in [9.17, 15) is 9.59 Å². The third kappa shape index (κ3) is 4.28. The van der Waals surface area contributed by atoms with Gasteiger partial charge >= 0.3 is 5.97 Å². The van der Waals surface area contributed by atoms with Gasteiger partial charge < -0.3 is 4.74 Å². The summed E-state index contributed by atoms with van der Waals surface area (Å²) < 4.78 is 6.14. The van der Waals surface area contributed by atoms with Gasteiger partial charge in [0.15, 0.2) is 6.10 Å². The molecule has 21 heavy (non-hydrogen) atoms. The highest BCUT2D eigenvalue weighted by atomic mass is 127. The predicted molar refractivity (Wildman–Crippen MR) is 89.8 cm³/mol. The van der Waals surface area contributed by atoms with Crippen LogP contribution in [0.2, 0.25) is 5.02 Å². The van der Waals surface area contributed by atoms with Crippen LogP contribution >= 0.6 is 34.2 Å². The maximum Gasteiger partial charge on any atom is 0.338 e. The van der Waals surface area contributed by atoms with Crippen LogP contribution in [0, 0.1) is 3.57 Å². The van der Waals surface area contributed by atoms with Crippen LogP contribution in [-0.4, -0.2) is 17.9 Å². The summed E-state index contributed by atoms with van der Waals surface area (Å²) in [6, 6.07) is 13.6. The van der Waals surface area contributed by atoms with E-state index in [1.165, 1.54) is 0 Å². The first-order valence-electron chi connectivity index (χ1n) is 6.23. The Morgan fingerprint density at radius 1 is 1.10 bits per heavy atom. The molecule has 0 aliphatic heterocycles. The molecule has 0 aromatic heterocycles. The van der Waals surface area contributed by atoms with Gasteiger partial charge in [0.2, 0.25) is 5.78 Å². The van der Waals surface area contributed by atoms with Crippen molar-refractivity contribution in [2.24, 2.45) is 0 Å². The predicted octanol–water partition coefficient (Wildman–Crippen LogP) is 4.37. The molecule has 2 aromatic rings. The fourth-order valence-corrected chi connectivity index (χ4v) is 2.51. The second kappa shape index (κ2) is 7.04. The molecule has 0 aliphatic carbocycles. The van der Waals surface area contributed by atoms with Crippen LogP contribution in [0.3, 0.4) is 0 Å². The standard InChI is InChI=1S/C16H12ClIO3/c1-10(15(19)11-4-2-6-13(17)8-11)21-16(20)12-5-3-7-14(18)9-12/h2-10H,1H3. The zero-order valence-electron chi connectivity index (χ0n) is 11.2. The van der Waals surface area contributed by atoms with Crippen molar-refractivity contribution in [2.45, 2.75) is 13.0 Å². The molecule has 0 N–H and O–H groups in total. The Morgan fingerprint density at radius 2 is 1.76 bits per heavy atom. The minimum atomic E-state index is -0.867. The van der Waals surface area contributed by atoms with Crippen molar-refractivity contribution in [3.05, 3.63) is 68.3 Å². The molecular formula is C16H12ClIO3. The number of halogens is 2. The van der Waals surface area contributed by atoms with Gasteiger partial charge in [-0.2, -0.15) is 0 Å². The summed E-state index contributed by atoms with van der Waals surface area (Å²) >= 11 is 7.96. The van der Waals surface area contributed by atoms with Gasteiger partial charge in [-0.15, -0.1) is 0 Å². The molecule has 0 amide bonds. The van der Waals surface area contributed by atoms with Gasteiger partial charge in [0, 0.05) is 14.2 Å². The first-order valence-corrected chi connectivity index (χ1v) is 7.69. The second-order valence-electron chi connectivity index (χ2n) is 4.43. The number of benzene rings is 2. The van der Waals surface area contributed by atoms with Crippen LogP contribution in [0.15, 0.2) is 48.5 Å². The molecule has 0 fully saturated rings. The number of ether oxygens (including phenoxy) is 1. The number of carbonyl (C=O) groups is 2. The lowest BCUT2D eigenvalue weighted by atomic mass is 10.1. The molecule has 108 valence electrons. The van der Waals surface area contributed by atoms with Crippen molar-refractivity contribution in [1.82, 2.24) is 0 Å². The van der Waals surface area contributed by atoms with E-state index < -0.39 is 12.1 Å². The van der Waals surface area contributed by atoms with E-state index in [0.29, 0.717) is 16.1 Å². The highest BCUT2D eigenvalue weighted by Gasteiger charge is 2.20. The summed E-state index contributed by atoms with van der Waals surface area (Å²) in [6.45, 7) is 1.55. The maximum atomic E-state index is 12.2. The molecule has 0 saturated heterocycles. The molecule has 2 rings (SSSR count). The van der Waals surface area contributed by atoms with E-state index in [0.717, 1.165) is 3.57 Å². The van der Waals surface area contributed by atoms with Crippen LogP contribution in [-0.2, 0) is 4.74 Å². The van der Waals surface area contributed by atoms with Gasteiger partial charge in [0.05, 0.1) is 5.56 Å². The number of hydrogen-bond acceptors (Lipinski definition) is 3. The van der Waals surface area contributed by atoms with Crippen molar-refractivity contribution < 1.29 is 14.3 Å². The molecule has 0 radical (unpaired) electrons. The first-order chi connectivity index (χ1) is 9.97. The Bertz CT molecular complexity index is 685. The third-order valence-electron chi connectivity index (χ3n) is 2.82. The number of carbonyl (C=O) groups excluding carboxylic acids is 2. The Kier molecular flexibility index (Phi) is 5.36. The van der Waals surface area contributed by atoms with Crippen molar-refractivity contribution in [1.29, 1.82) is 0 Å². The summed E-state index contributed by atoms with van der Waals surface area (Å²) in [7, 11) is 0. The normalized spacial score (nSPS) is 11.8. The van der Waals surface area contributed by atoms with Crippen molar-refractivity contribution in [3.63, 3.8) is 0 Å². The highest BCUT2D eigenvalue weighted by Crippen LogP contribution is 2.15. The molecule has 3 nitrogen and oxygen atoms in total. The molecule has 0 heterocycles. The minimum Gasteiger partial charge on any atom is -0.451 e. The van der Waals surface area contributed by atoms with Crippen molar-refractivity contribution >= 4 is 45.9 Å². The fraction of sp³-hybridized carbons (Fsp3) is 0.125. The molecule has 5 heteroatoms. The number of rotatable bonds is 4. The number of ketones is 1. The Morgan fingerprint density at radius 3 is 2.43 bits per heavy atom. The molecule has 2 aromatic carbocycles. The van der Waals surface area contributed by atoms with E-state index in [4.69, 9.17) is 16.3 Å². The highest BCUT2D eigenvalue weighted by molar-refractivity contribution is 14.1. The Hall–Kier alpha value is -1.40. The van der Waals surface area contributed by atoms with E-state index in [2.05, 4.69) is 22.6 Å². The minimum absolute atomic E-state index is 0.281. The monoisotopic (exact) mass is 414 g/mol. The summed E-state index contributed by atoms with van der Waals surface area (Å²) in [5, 5.41) is 0.469. The molecular weight excluding hydrogens is 403 g/mol. The molecule has 0 spiro atoms. The second-order valence-corrected chi connectivity index (χ2v) is 6.11. The number of Topliss-reactive ketones (excluding diaryl/α,β-unsaturated/α-hetero) is 1. The van der Waals surface area contributed by atoms with Crippen LogP contribution < -0.4 is 0 Å². The Balaban J connectivity index is 2.09. The maximum absolute atomic E-state index is 12.2. The van der Waals surface area contributed by atoms with Crippen LogP contribution in [0.1, 0.15) is 27.6 Å². The zero-order chi connectivity index (χ0) is 15.4. The van der Waals surface area contributed by atoms with Gasteiger partial charge in [0.1, 0.15) is 0 Å². The van der Waals surface area contributed by atoms with Gasteiger partial charge in [-0.1, -0.05) is 29.8 Å². The largest absolute Gasteiger partial charge is 0.451 e. The quantitative estimate of drug-likeness (QED) is 0.424. The van der Waals surface area contributed by atoms with Gasteiger partial charge in [-0.25, -0.2) is 4.79 Å². The number of esters is 1. The van der Waals surface area contributed by atoms with Crippen LogP contribution in [0.25, 0.3) is 0 Å². The molecule has 0 aliphatic rings. The molecule has 1 atom stereocenters. The third-order valence-corrected chi connectivity index (χ3v) is 3.73. The average molecular weight is 415 g/mol. The number of hydrogen-bond donors (Lipinski definition) is 0. The van der Waals surface area contributed by atoms with Crippen molar-refractivity contribution in [2.75, 3.05) is 0 Å². The SMILES string of the molecule is CC(OC(=O)c1cccc(I)c1)C(=O)c1cccc(Cl)c1. The average Bonchev–Trinajstić information content (AvgIpc) is 2.46. The summed E-state index contributed by atoms with van der Waals surface area (Å²) in [6.07, 6.45) is -0.867. The Labute approximate surface area is 141 Å². The summed E-state index contributed by atoms with van der Waals surface area (Å²) in [4.78, 5) is 24.2. The topological polar surface area (TPSA) is 43.4 Å². The molecule has 1 unspecified atom stereocenters. The molecule has 0 bridgehead atoms. The lowest BCUT2D eigenvalue weighted by Crippen LogP contribution is -2.24. The van der Waals surface area contributed by atoms with Gasteiger partial charge in [-0.3, -0.25) is 4.79 Å². The van der Waals surface area contributed by atoms with Crippen molar-refractivity contribution in [3.8, 4) is 0 Å². The summed E-state index contributed by atoms with van der Waals surface area (Å²) in [5.74, 6) is -0.798. The lowest BCUT2D eigenvalue weighted by Gasteiger charge is -2.12. The first kappa shape index (κ1) is 16.0. The smallest absolute Gasteiger partial charge is 0.338 e. The molecule has 0 saturated carbocycles. The zero-order valence-corrected chi connectivity index (χ0v) is 14.1. The van der Waals surface area contributed by atoms with Gasteiger partial charge in [0.25, 0.3) is 0 Å². The lowest BCUT2D eigenvalue weighted by molar-refractivity contribution is 0.0319. The van der Waals surface area contributed by atoms with Crippen LogP contribution in [0.4, 0.5) is 0 Å².